The number of amides is 1. The minimum absolute atomic E-state index is 0.277. The van der Waals surface area contributed by atoms with Crippen molar-refractivity contribution in [2.24, 2.45) is 0 Å². The molecule has 0 saturated carbocycles. The quantitative estimate of drug-likeness (QED) is 0.877. The first-order valence-electron chi connectivity index (χ1n) is 8.47. The second-order valence-corrected chi connectivity index (χ2v) is 5.70. The zero-order valence-corrected chi connectivity index (χ0v) is 13.9. The number of hydrogen-bond donors (Lipinski definition) is 1. The fourth-order valence-corrected chi connectivity index (χ4v) is 2.93. The molecular weight excluding hydrogens is 276 g/mol. The predicted octanol–water partition coefficient (Wildman–Crippen LogP) is 2.40. The molecule has 122 valence electrons. The highest BCUT2D eigenvalue weighted by atomic mass is 16.5. The van der Waals surface area contributed by atoms with Crippen molar-refractivity contribution >= 4 is 5.91 Å². The van der Waals surface area contributed by atoms with E-state index in [-0.39, 0.29) is 5.91 Å². The smallest absolute Gasteiger partial charge is 0.222 e. The van der Waals surface area contributed by atoms with E-state index >= 15 is 0 Å². The minimum atomic E-state index is 0.277. The number of carbonyl (C=O) groups is 1. The lowest BCUT2D eigenvalue weighted by Gasteiger charge is -2.20. The van der Waals surface area contributed by atoms with Crippen LogP contribution in [0.25, 0.3) is 0 Å². The van der Waals surface area contributed by atoms with E-state index in [1.807, 2.05) is 17.9 Å². The lowest BCUT2D eigenvalue weighted by molar-refractivity contribution is -0.130. The predicted molar refractivity (Wildman–Crippen MR) is 89.4 cm³/mol. The molecule has 1 aliphatic rings. The molecule has 4 nitrogen and oxygen atoms in total. The normalized spacial score (nSPS) is 15.5. The molecule has 1 aromatic rings. The van der Waals surface area contributed by atoms with Gasteiger partial charge in [0.2, 0.25) is 5.91 Å². The molecule has 0 aromatic heterocycles. The summed E-state index contributed by atoms with van der Waals surface area (Å²) in [5.41, 5.74) is 2.56. The van der Waals surface area contributed by atoms with E-state index in [0.717, 1.165) is 51.2 Å². The monoisotopic (exact) mass is 304 g/mol. The first kappa shape index (κ1) is 16.8. The molecule has 1 heterocycles. The molecule has 0 spiro atoms. The number of carbonyl (C=O) groups excluding carboxylic acids is 1. The summed E-state index contributed by atoms with van der Waals surface area (Å²) >= 11 is 0. The van der Waals surface area contributed by atoms with Gasteiger partial charge in [0.25, 0.3) is 0 Å². The van der Waals surface area contributed by atoms with Crippen LogP contribution in [0.2, 0.25) is 0 Å². The first-order valence-corrected chi connectivity index (χ1v) is 8.47. The summed E-state index contributed by atoms with van der Waals surface area (Å²) in [5, 5.41) is 3.33. The van der Waals surface area contributed by atoms with E-state index < -0.39 is 0 Å². The fraction of sp³-hybridized carbons (Fsp3) is 0.611. The molecule has 2 rings (SSSR count). The summed E-state index contributed by atoms with van der Waals surface area (Å²) in [5.74, 6) is 1.20. The number of rotatable bonds is 6. The van der Waals surface area contributed by atoms with Crippen LogP contribution in [0.3, 0.4) is 0 Å². The van der Waals surface area contributed by atoms with Gasteiger partial charge in [-0.1, -0.05) is 13.0 Å². The minimum Gasteiger partial charge on any atom is -0.494 e. The molecule has 0 aliphatic carbocycles. The Hall–Kier alpha value is -1.55. The van der Waals surface area contributed by atoms with Gasteiger partial charge in [0, 0.05) is 26.1 Å². The lowest BCUT2D eigenvalue weighted by Crippen LogP contribution is -2.34. The highest BCUT2D eigenvalue weighted by molar-refractivity contribution is 5.76. The van der Waals surface area contributed by atoms with E-state index in [2.05, 4.69) is 24.4 Å². The molecule has 4 heteroatoms. The van der Waals surface area contributed by atoms with Gasteiger partial charge in [-0.25, -0.2) is 0 Å². The molecule has 1 saturated heterocycles. The van der Waals surface area contributed by atoms with Gasteiger partial charge >= 0.3 is 0 Å². The highest BCUT2D eigenvalue weighted by Crippen LogP contribution is 2.20. The topological polar surface area (TPSA) is 41.6 Å². The Morgan fingerprint density at radius 1 is 1.23 bits per heavy atom. The van der Waals surface area contributed by atoms with Gasteiger partial charge in [0.15, 0.2) is 0 Å². The Bertz CT molecular complexity index is 480. The Morgan fingerprint density at radius 3 is 2.86 bits per heavy atom. The van der Waals surface area contributed by atoms with Crippen molar-refractivity contribution in [2.45, 2.75) is 39.5 Å². The molecule has 1 fully saturated rings. The van der Waals surface area contributed by atoms with Crippen LogP contribution >= 0.6 is 0 Å². The Labute approximate surface area is 133 Å². The summed E-state index contributed by atoms with van der Waals surface area (Å²) in [7, 11) is 0. The Kier molecular flexibility index (Phi) is 6.72. The number of ether oxygens (including phenoxy) is 1. The summed E-state index contributed by atoms with van der Waals surface area (Å²) in [4.78, 5) is 14.4. The van der Waals surface area contributed by atoms with E-state index in [0.29, 0.717) is 13.0 Å². The standard InChI is InChI=1S/C18H28N2O2/c1-3-15-14-17(22-4-2)8-6-16(15)7-9-18(21)20-12-5-10-19-11-13-20/h6,8,14,19H,3-5,7,9-13H2,1-2H3. The average Bonchev–Trinajstić information content (AvgIpc) is 2.82. The van der Waals surface area contributed by atoms with Crippen LogP contribution in [0.5, 0.6) is 5.75 Å². The zero-order chi connectivity index (χ0) is 15.8. The molecule has 1 aromatic carbocycles. The summed E-state index contributed by atoms with van der Waals surface area (Å²) in [6, 6.07) is 6.23. The van der Waals surface area contributed by atoms with E-state index in [1.54, 1.807) is 0 Å². The van der Waals surface area contributed by atoms with Gasteiger partial charge in [0.05, 0.1) is 6.61 Å². The molecule has 22 heavy (non-hydrogen) atoms. The SMILES string of the molecule is CCOc1ccc(CCC(=O)N2CCCNCC2)c(CC)c1. The van der Waals surface area contributed by atoms with Crippen molar-refractivity contribution in [3.8, 4) is 5.75 Å². The number of nitrogens with one attached hydrogen (secondary N) is 1. The van der Waals surface area contributed by atoms with Crippen LogP contribution in [-0.2, 0) is 17.6 Å². The van der Waals surface area contributed by atoms with Gasteiger partial charge in [-0.05, 0) is 56.0 Å². The van der Waals surface area contributed by atoms with Crippen molar-refractivity contribution in [1.82, 2.24) is 10.2 Å². The third-order valence-electron chi connectivity index (χ3n) is 4.17. The Balaban J connectivity index is 1.93. The van der Waals surface area contributed by atoms with Crippen LogP contribution in [0, 0.1) is 0 Å². The first-order chi connectivity index (χ1) is 10.7. The summed E-state index contributed by atoms with van der Waals surface area (Å²) < 4.78 is 5.56. The third-order valence-corrected chi connectivity index (χ3v) is 4.17. The molecular formula is C18H28N2O2. The van der Waals surface area contributed by atoms with E-state index in [9.17, 15) is 4.79 Å². The van der Waals surface area contributed by atoms with Crippen molar-refractivity contribution < 1.29 is 9.53 Å². The van der Waals surface area contributed by atoms with Gasteiger partial charge < -0.3 is 15.0 Å². The Morgan fingerprint density at radius 2 is 2.09 bits per heavy atom. The maximum absolute atomic E-state index is 12.4. The summed E-state index contributed by atoms with van der Waals surface area (Å²) in [6.07, 6.45) is 3.44. The van der Waals surface area contributed by atoms with E-state index in [4.69, 9.17) is 4.74 Å². The van der Waals surface area contributed by atoms with Crippen LogP contribution < -0.4 is 10.1 Å². The maximum Gasteiger partial charge on any atom is 0.222 e. The number of benzene rings is 1. The lowest BCUT2D eigenvalue weighted by atomic mass is 10.00. The van der Waals surface area contributed by atoms with Gasteiger partial charge in [-0.2, -0.15) is 0 Å². The van der Waals surface area contributed by atoms with Crippen LogP contribution in [0.15, 0.2) is 18.2 Å². The molecule has 0 bridgehead atoms. The second-order valence-electron chi connectivity index (χ2n) is 5.70. The molecule has 0 atom stereocenters. The van der Waals surface area contributed by atoms with E-state index in [1.165, 1.54) is 11.1 Å². The van der Waals surface area contributed by atoms with Crippen LogP contribution in [-0.4, -0.2) is 43.6 Å². The van der Waals surface area contributed by atoms with Crippen molar-refractivity contribution in [2.75, 3.05) is 32.8 Å². The molecule has 1 aliphatic heterocycles. The molecule has 1 N–H and O–H groups in total. The van der Waals surface area contributed by atoms with Gasteiger partial charge in [0.1, 0.15) is 5.75 Å². The van der Waals surface area contributed by atoms with Gasteiger partial charge in [-0.3, -0.25) is 4.79 Å². The summed E-state index contributed by atoms with van der Waals surface area (Å²) in [6.45, 7) is 8.48. The number of aryl methyl sites for hydroxylation is 2. The van der Waals surface area contributed by atoms with Crippen molar-refractivity contribution in [3.05, 3.63) is 29.3 Å². The maximum atomic E-state index is 12.4. The third kappa shape index (κ3) is 4.73. The van der Waals surface area contributed by atoms with Crippen molar-refractivity contribution in [1.29, 1.82) is 0 Å². The fourth-order valence-electron chi connectivity index (χ4n) is 2.93. The molecule has 1 amide bonds. The molecule has 0 unspecified atom stereocenters. The molecule has 0 radical (unpaired) electrons. The average molecular weight is 304 g/mol. The number of nitrogens with zero attached hydrogens (tertiary/aromatic N) is 1. The van der Waals surface area contributed by atoms with Crippen LogP contribution in [0.4, 0.5) is 0 Å². The number of hydrogen-bond acceptors (Lipinski definition) is 3. The zero-order valence-electron chi connectivity index (χ0n) is 13.9. The van der Waals surface area contributed by atoms with Gasteiger partial charge in [-0.15, -0.1) is 0 Å². The van der Waals surface area contributed by atoms with Crippen LogP contribution in [0.1, 0.15) is 37.8 Å². The highest BCUT2D eigenvalue weighted by Gasteiger charge is 2.15. The second kappa shape index (κ2) is 8.79. The largest absolute Gasteiger partial charge is 0.494 e. The van der Waals surface area contributed by atoms with Crippen molar-refractivity contribution in [3.63, 3.8) is 0 Å².